The van der Waals surface area contributed by atoms with Gasteiger partial charge in [0.15, 0.2) is 5.76 Å². The first-order valence-electron chi connectivity index (χ1n) is 6.92. The first-order valence-corrected chi connectivity index (χ1v) is 7.74. The molecule has 0 saturated carbocycles. The van der Waals surface area contributed by atoms with Gasteiger partial charge in [-0.3, -0.25) is 4.79 Å². The van der Waals surface area contributed by atoms with Crippen LogP contribution in [-0.2, 0) is 0 Å². The van der Waals surface area contributed by atoms with Gasteiger partial charge in [-0.2, -0.15) is 0 Å². The maximum Gasteiger partial charge on any atom is 0.291 e. The molecule has 3 rings (SSSR count). The van der Waals surface area contributed by atoms with Gasteiger partial charge in [-0.1, -0.05) is 42.1 Å². The summed E-state index contributed by atoms with van der Waals surface area (Å²) in [5, 5.41) is 2.91. The molecule has 1 N–H and O–H groups in total. The van der Waals surface area contributed by atoms with Gasteiger partial charge in [-0.25, -0.2) is 0 Å². The van der Waals surface area contributed by atoms with Crippen molar-refractivity contribution >= 4 is 23.4 Å². The number of nitrogens with one attached hydrogen (secondary N) is 1. The molecular formula is C18H15NO2S. The normalized spacial score (nSPS) is 10.4. The average molecular weight is 309 g/mol. The quantitative estimate of drug-likeness (QED) is 0.738. The van der Waals surface area contributed by atoms with Crippen LogP contribution < -0.4 is 5.32 Å². The maximum atomic E-state index is 12.2. The zero-order chi connectivity index (χ0) is 15.4. The second kappa shape index (κ2) is 6.54. The van der Waals surface area contributed by atoms with Gasteiger partial charge in [-0.15, -0.1) is 0 Å². The van der Waals surface area contributed by atoms with Gasteiger partial charge in [-0.05, 0) is 43.3 Å². The molecule has 0 atom stereocenters. The first kappa shape index (κ1) is 14.5. The van der Waals surface area contributed by atoms with Crippen LogP contribution in [0.1, 0.15) is 16.3 Å². The van der Waals surface area contributed by atoms with Gasteiger partial charge in [0.05, 0.1) is 5.69 Å². The van der Waals surface area contributed by atoms with Crippen LogP contribution in [0.4, 0.5) is 5.69 Å². The molecule has 0 aliphatic heterocycles. The van der Waals surface area contributed by atoms with Gasteiger partial charge in [0.2, 0.25) is 0 Å². The van der Waals surface area contributed by atoms with Crippen LogP contribution in [0.5, 0.6) is 0 Å². The molecule has 3 nitrogen and oxygen atoms in total. The lowest BCUT2D eigenvalue weighted by atomic mass is 10.3. The Kier molecular flexibility index (Phi) is 4.30. The molecule has 0 saturated heterocycles. The summed E-state index contributed by atoms with van der Waals surface area (Å²) in [5.41, 5.74) is 0.774. The van der Waals surface area contributed by atoms with Crippen LogP contribution in [0.2, 0.25) is 0 Å². The lowest BCUT2D eigenvalue weighted by Gasteiger charge is -2.09. The Morgan fingerprint density at radius 2 is 1.68 bits per heavy atom. The highest BCUT2D eigenvalue weighted by molar-refractivity contribution is 7.99. The summed E-state index contributed by atoms with van der Waals surface area (Å²) < 4.78 is 5.36. The number of amides is 1. The monoisotopic (exact) mass is 309 g/mol. The van der Waals surface area contributed by atoms with Gasteiger partial charge in [0, 0.05) is 9.79 Å². The van der Waals surface area contributed by atoms with Crippen LogP contribution in [0.15, 0.2) is 80.9 Å². The Bertz CT molecular complexity index is 781. The topological polar surface area (TPSA) is 42.2 Å². The van der Waals surface area contributed by atoms with E-state index in [4.69, 9.17) is 4.42 Å². The molecule has 4 heteroatoms. The number of carbonyl (C=O) groups is 1. The highest BCUT2D eigenvalue weighted by Gasteiger charge is 2.12. The summed E-state index contributed by atoms with van der Waals surface area (Å²) in [6, 6.07) is 21.2. The van der Waals surface area contributed by atoms with Gasteiger partial charge < -0.3 is 9.73 Å². The van der Waals surface area contributed by atoms with Crippen molar-refractivity contribution in [3.05, 3.63) is 78.3 Å². The molecule has 1 amide bonds. The van der Waals surface area contributed by atoms with E-state index in [1.165, 1.54) is 0 Å². The van der Waals surface area contributed by atoms with Crippen molar-refractivity contribution < 1.29 is 9.21 Å². The zero-order valence-electron chi connectivity index (χ0n) is 12.1. The number of hydrogen-bond acceptors (Lipinski definition) is 3. The fourth-order valence-corrected chi connectivity index (χ4v) is 2.94. The fourth-order valence-electron chi connectivity index (χ4n) is 2.01. The predicted molar refractivity (Wildman–Crippen MR) is 88.4 cm³/mol. The molecule has 1 aromatic heterocycles. The van der Waals surface area contributed by atoms with E-state index in [-0.39, 0.29) is 5.91 Å². The molecule has 0 fully saturated rings. The van der Waals surface area contributed by atoms with E-state index in [1.807, 2.05) is 61.5 Å². The standard InChI is InChI=1S/C18H15NO2S/c1-13-11-12-16(21-13)18(20)19-15-9-5-6-10-17(15)22-14-7-3-2-4-8-14/h2-12H,1H3,(H,19,20). The lowest BCUT2D eigenvalue weighted by Crippen LogP contribution is -2.11. The minimum atomic E-state index is -0.241. The molecule has 0 aliphatic carbocycles. The minimum Gasteiger partial charge on any atom is -0.456 e. The van der Waals surface area contributed by atoms with Crippen LogP contribution in [-0.4, -0.2) is 5.91 Å². The number of rotatable bonds is 4. The van der Waals surface area contributed by atoms with Gasteiger partial charge in [0.1, 0.15) is 5.76 Å². The minimum absolute atomic E-state index is 0.241. The number of aryl methyl sites for hydroxylation is 1. The first-order chi connectivity index (χ1) is 10.7. The summed E-state index contributed by atoms with van der Waals surface area (Å²) in [6.07, 6.45) is 0. The van der Waals surface area contributed by atoms with Crippen molar-refractivity contribution in [1.29, 1.82) is 0 Å². The second-order valence-corrected chi connectivity index (χ2v) is 5.89. The Morgan fingerprint density at radius 3 is 2.41 bits per heavy atom. The highest BCUT2D eigenvalue weighted by Crippen LogP contribution is 2.33. The number of benzene rings is 2. The van der Waals surface area contributed by atoms with Crippen molar-refractivity contribution in [3.63, 3.8) is 0 Å². The Morgan fingerprint density at radius 1 is 0.955 bits per heavy atom. The van der Waals surface area contributed by atoms with E-state index in [1.54, 1.807) is 23.9 Å². The van der Waals surface area contributed by atoms with Crippen LogP contribution in [0.3, 0.4) is 0 Å². The van der Waals surface area contributed by atoms with E-state index in [0.717, 1.165) is 21.2 Å². The van der Waals surface area contributed by atoms with Crippen LogP contribution in [0.25, 0.3) is 0 Å². The van der Waals surface area contributed by atoms with E-state index in [2.05, 4.69) is 5.32 Å². The molecule has 0 aliphatic rings. The predicted octanol–water partition coefficient (Wildman–Crippen LogP) is 4.99. The largest absolute Gasteiger partial charge is 0.456 e. The van der Waals surface area contributed by atoms with E-state index >= 15 is 0 Å². The third kappa shape index (κ3) is 3.40. The molecule has 2 aromatic carbocycles. The SMILES string of the molecule is Cc1ccc(C(=O)Nc2ccccc2Sc2ccccc2)o1. The highest BCUT2D eigenvalue weighted by atomic mass is 32.2. The Hall–Kier alpha value is -2.46. The number of anilines is 1. The molecule has 0 radical (unpaired) electrons. The fraction of sp³-hybridized carbons (Fsp3) is 0.0556. The lowest BCUT2D eigenvalue weighted by molar-refractivity contribution is 0.0995. The summed E-state index contributed by atoms with van der Waals surface area (Å²) in [7, 11) is 0. The number of hydrogen-bond donors (Lipinski definition) is 1. The molecule has 0 spiro atoms. The molecule has 3 aromatic rings. The van der Waals surface area contributed by atoms with Crippen molar-refractivity contribution in [2.75, 3.05) is 5.32 Å². The molecule has 110 valence electrons. The molecule has 0 unspecified atom stereocenters. The Labute approximate surface area is 133 Å². The van der Waals surface area contributed by atoms with Crippen LogP contribution in [0, 0.1) is 6.92 Å². The average Bonchev–Trinajstić information content (AvgIpc) is 2.97. The smallest absolute Gasteiger partial charge is 0.291 e. The number of carbonyl (C=O) groups excluding carboxylic acids is 1. The van der Waals surface area contributed by atoms with Crippen molar-refractivity contribution in [2.24, 2.45) is 0 Å². The molecule has 22 heavy (non-hydrogen) atoms. The number of para-hydroxylation sites is 1. The summed E-state index contributed by atoms with van der Waals surface area (Å²) in [4.78, 5) is 14.3. The summed E-state index contributed by atoms with van der Waals surface area (Å²) in [6.45, 7) is 1.82. The van der Waals surface area contributed by atoms with Gasteiger partial charge in [0.25, 0.3) is 5.91 Å². The summed E-state index contributed by atoms with van der Waals surface area (Å²) in [5.74, 6) is 0.795. The van der Waals surface area contributed by atoms with Gasteiger partial charge >= 0.3 is 0 Å². The van der Waals surface area contributed by atoms with Crippen LogP contribution >= 0.6 is 11.8 Å². The molecule has 0 bridgehead atoms. The van der Waals surface area contributed by atoms with E-state index < -0.39 is 0 Å². The second-order valence-electron chi connectivity index (χ2n) is 4.78. The third-order valence-electron chi connectivity index (χ3n) is 3.07. The molecule has 1 heterocycles. The number of furan rings is 1. The third-order valence-corrected chi connectivity index (χ3v) is 4.15. The maximum absolute atomic E-state index is 12.2. The van der Waals surface area contributed by atoms with E-state index in [0.29, 0.717) is 5.76 Å². The molecular weight excluding hydrogens is 294 g/mol. The Balaban J connectivity index is 1.81. The summed E-state index contributed by atoms with van der Waals surface area (Å²) >= 11 is 1.61. The van der Waals surface area contributed by atoms with E-state index in [9.17, 15) is 4.79 Å². The zero-order valence-corrected chi connectivity index (χ0v) is 12.9. The van der Waals surface area contributed by atoms with Crippen molar-refractivity contribution in [3.8, 4) is 0 Å². The van der Waals surface area contributed by atoms with Crippen molar-refractivity contribution in [2.45, 2.75) is 16.7 Å². The van der Waals surface area contributed by atoms with Crippen molar-refractivity contribution in [1.82, 2.24) is 0 Å².